The minimum absolute atomic E-state index is 0.563. The Kier molecular flexibility index (Phi) is 6.29. The van der Waals surface area contributed by atoms with Gasteiger partial charge in [0.2, 0.25) is 0 Å². The Morgan fingerprint density at radius 3 is 2.32 bits per heavy atom. The molecule has 0 fully saturated rings. The van der Waals surface area contributed by atoms with Crippen LogP contribution < -0.4 is 10.6 Å². The zero-order valence-electron chi connectivity index (χ0n) is 13.2. The van der Waals surface area contributed by atoms with Crippen LogP contribution in [0, 0.1) is 19.8 Å². The minimum atomic E-state index is 0.563. The van der Waals surface area contributed by atoms with E-state index in [1.54, 1.807) is 0 Å². The van der Waals surface area contributed by atoms with Gasteiger partial charge in [0.15, 0.2) is 0 Å². The normalized spacial score (nSPS) is 11.1. The fraction of sp³-hybridized carbons (Fsp3) is 0.688. The largest absolute Gasteiger partial charge is 0.356 e. The molecule has 2 N–H and O–H groups in total. The van der Waals surface area contributed by atoms with Gasteiger partial charge in [-0.2, -0.15) is 0 Å². The molecule has 1 aromatic rings. The summed E-state index contributed by atoms with van der Waals surface area (Å²) in [4.78, 5) is 7.13. The summed E-state index contributed by atoms with van der Waals surface area (Å²) in [6.07, 6.45) is 2.44. The van der Waals surface area contributed by atoms with Crippen molar-refractivity contribution in [3.8, 4) is 0 Å². The first-order chi connectivity index (χ1) is 9.07. The first kappa shape index (κ1) is 16.0. The molecule has 108 valence electrons. The molecule has 0 aromatic carbocycles. The number of pyridine rings is 1. The van der Waals surface area contributed by atoms with Gasteiger partial charge in [-0.1, -0.05) is 26.7 Å². The molecule has 0 aliphatic rings. The predicted octanol–water partition coefficient (Wildman–Crippen LogP) is 3.42. The molecule has 0 saturated carbocycles. The van der Waals surface area contributed by atoms with Crippen molar-refractivity contribution in [2.45, 2.75) is 54.0 Å². The number of nitrogens with zero attached hydrogens (tertiary/aromatic N) is 2. The van der Waals surface area contributed by atoms with Gasteiger partial charge in [0, 0.05) is 30.9 Å². The smallest absolute Gasteiger partial charge is 0.133 e. The third-order valence-corrected chi connectivity index (χ3v) is 3.97. The van der Waals surface area contributed by atoms with Crippen LogP contribution in [0.5, 0.6) is 0 Å². The van der Waals surface area contributed by atoms with Crippen molar-refractivity contribution in [1.29, 1.82) is 0 Å². The zero-order chi connectivity index (χ0) is 14.4. The first-order valence-corrected chi connectivity index (χ1v) is 7.49. The molecule has 0 amide bonds. The number of anilines is 1. The summed E-state index contributed by atoms with van der Waals surface area (Å²) in [5.74, 6) is 1.82. The summed E-state index contributed by atoms with van der Waals surface area (Å²) < 4.78 is 0. The Labute approximate surface area is 118 Å². The van der Waals surface area contributed by atoms with E-state index < -0.39 is 0 Å². The highest BCUT2D eigenvalue weighted by atomic mass is 15.2. The van der Waals surface area contributed by atoms with Crippen LogP contribution in [0.3, 0.4) is 0 Å². The van der Waals surface area contributed by atoms with Crippen molar-refractivity contribution in [1.82, 2.24) is 4.98 Å². The Morgan fingerprint density at radius 2 is 1.84 bits per heavy atom. The van der Waals surface area contributed by atoms with Crippen LogP contribution in [0.1, 0.15) is 50.4 Å². The van der Waals surface area contributed by atoms with E-state index >= 15 is 0 Å². The second kappa shape index (κ2) is 7.49. The number of aryl methyl sites for hydroxylation is 2. The summed E-state index contributed by atoms with van der Waals surface area (Å²) in [5.41, 5.74) is 9.45. The molecule has 3 heteroatoms. The lowest BCUT2D eigenvalue weighted by molar-refractivity contribution is 0.483. The minimum Gasteiger partial charge on any atom is -0.356 e. The van der Waals surface area contributed by atoms with Gasteiger partial charge in [0.05, 0.1) is 0 Å². The van der Waals surface area contributed by atoms with Crippen LogP contribution in [-0.4, -0.2) is 18.1 Å². The fourth-order valence-electron chi connectivity index (χ4n) is 2.58. The Morgan fingerprint density at radius 1 is 1.21 bits per heavy atom. The fourth-order valence-corrected chi connectivity index (χ4v) is 2.58. The molecule has 1 aromatic heterocycles. The lowest BCUT2D eigenvalue weighted by atomic mass is 10.0. The second-order valence-corrected chi connectivity index (χ2v) is 5.31. The molecule has 0 aliphatic carbocycles. The van der Waals surface area contributed by atoms with E-state index in [4.69, 9.17) is 10.7 Å². The Balaban J connectivity index is 3.09. The number of rotatable bonds is 7. The van der Waals surface area contributed by atoms with Crippen LogP contribution in [0.4, 0.5) is 5.82 Å². The Hall–Kier alpha value is -1.09. The van der Waals surface area contributed by atoms with Crippen molar-refractivity contribution in [3.05, 3.63) is 22.9 Å². The van der Waals surface area contributed by atoms with Crippen LogP contribution in [0.2, 0.25) is 0 Å². The number of hydrogen-bond acceptors (Lipinski definition) is 3. The summed E-state index contributed by atoms with van der Waals surface area (Å²) in [6.45, 7) is 13.5. The maximum atomic E-state index is 5.92. The quantitative estimate of drug-likeness (QED) is 0.819. The summed E-state index contributed by atoms with van der Waals surface area (Å²) in [5, 5.41) is 0. The maximum absolute atomic E-state index is 5.92. The third-order valence-electron chi connectivity index (χ3n) is 3.97. The van der Waals surface area contributed by atoms with Gasteiger partial charge in [-0.05, 0) is 38.3 Å². The molecule has 0 radical (unpaired) electrons. The molecule has 19 heavy (non-hydrogen) atoms. The van der Waals surface area contributed by atoms with Crippen molar-refractivity contribution >= 4 is 5.82 Å². The number of nitrogens with two attached hydrogens (primary N) is 1. The Bertz CT molecular complexity index is 397. The molecule has 0 spiro atoms. The van der Waals surface area contributed by atoms with Gasteiger partial charge in [-0.25, -0.2) is 4.98 Å². The van der Waals surface area contributed by atoms with E-state index in [1.807, 2.05) is 0 Å². The topological polar surface area (TPSA) is 42.2 Å². The van der Waals surface area contributed by atoms with Gasteiger partial charge >= 0.3 is 0 Å². The van der Waals surface area contributed by atoms with Crippen molar-refractivity contribution < 1.29 is 0 Å². The molecular formula is C16H29N3. The molecule has 0 bridgehead atoms. The van der Waals surface area contributed by atoms with Crippen LogP contribution in [0.15, 0.2) is 6.07 Å². The predicted molar refractivity (Wildman–Crippen MR) is 83.6 cm³/mol. The molecule has 3 nitrogen and oxygen atoms in total. The van der Waals surface area contributed by atoms with E-state index in [2.05, 4.69) is 45.6 Å². The van der Waals surface area contributed by atoms with Gasteiger partial charge < -0.3 is 10.6 Å². The van der Waals surface area contributed by atoms with Gasteiger partial charge in [-0.3, -0.25) is 0 Å². The van der Waals surface area contributed by atoms with Gasteiger partial charge in [-0.15, -0.1) is 0 Å². The molecule has 1 rings (SSSR count). The number of hydrogen-bond donors (Lipinski definition) is 1. The third kappa shape index (κ3) is 3.93. The maximum Gasteiger partial charge on any atom is 0.133 e. The average molecular weight is 263 g/mol. The average Bonchev–Trinajstić information content (AvgIpc) is 2.39. The van der Waals surface area contributed by atoms with Gasteiger partial charge in [0.25, 0.3) is 0 Å². The van der Waals surface area contributed by atoms with Crippen LogP contribution in [0.25, 0.3) is 0 Å². The lowest BCUT2D eigenvalue weighted by Gasteiger charge is -2.29. The second-order valence-electron chi connectivity index (χ2n) is 5.31. The van der Waals surface area contributed by atoms with Gasteiger partial charge in [0.1, 0.15) is 5.82 Å². The van der Waals surface area contributed by atoms with E-state index in [0.717, 1.165) is 30.5 Å². The lowest BCUT2D eigenvalue weighted by Crippen LogP contribution is -2.31. The molecule has 0 atom stereocenters. The van der Waals surface area contributed by atoms with Crippen LogP contribution >= 0.6 is 0 Å². The standard InChI is InChI=1S/C16H29N3/c1-6-14(7-2)11-19(8-3)16-15(10-17)12(4)9-13(5)18-16/h9,14H,6-8,10-11,17H2,1-5H3. The molecule has 0 aliphatic heterocycles. The molecule has 0 saturated heterocycles. The van der Waals surface area contributed by atoms with Crippen molar-refractivity contribution in [3.63, 3.8) is 0 Å². The van der Waals surface area contributed by atoms with E-state index in [9.17, 15) is 0 Å². The SMILES string of the molecule is CCC(CC)CN(CC)c1nc(C)cc(C)c1CN. The highest BCUT2D eigenvalue weighted by Crippen LogP contribution is 2.24. The van der Waals surface area contributed by atoms with E-state index in [0.29, 0.717) is 6.54 Å². The van der Waals surface area contributed by atoms with E-state index in [-0.39, 0.29) is 0 Å². The van der Waals surface area contributed by atoms with Crippen molar-refractivity contribution in [2.75, 3.05) is 18.0 Å². The molecular weight excluding hydrogens is 234 g/mol. The molecule has 0 unspecified atom stereocenters. The summed E-state index contributed by atoms with van der Waals surface area (Å²) in [7, 11) is 0. The van der Waals surface area contributed by atoms with E-state index in [1.165, 1.54) is 24.0 Å². The van der Waals surface area contributed by atoms with Crippen LogP contribution in [-0.2, 0) is 6.54 Å². The monoisotopic (exact) mass is 263 g/mol. The highest BCUT2D eigenvalue weighted by molar-refractivity contribution is 5.51. The molecule has 1 heterocycles. The highest BCUT2D eigenvalue weighted by Gasteiger charge is 2.16. The summed E-state index contributed by atoms with van der Waals surface area (Å²) >= 11 is 0. The summed E-state index contributed by atoms with van der Waals surface area (Å²) in [6, 6.07) is 2.12. The van der Waals surface area contributed by atoms with Crippen molar-refractivity contribution in [2.24, 2.45) is 11.7 Å². The zero-order valence-corrected chi connectivity index (χ0v) is 13.2. The number of aromatic nitrogens is 1. The first-order valence-electron chi connectivity index (χ1n) is 7.49.